The zero-order chi connectivity index (χ0) is 10.9. The van der Waals surface area contributed by atoms with E-state index in [0.29, 0.717) is 5.75 Å². The molecule has 1 aromatic rings. The smallest absolute Gasteiger partial charge is 0.118 e. The number of benzene rings is 1. The van der Waals surface area contributed by atoms with Gasteiger partial charge >= 0.3 is 0 Å². The summed E-state index contributed by atoms with van der Waals surface area (Å²) < 4.78 is 0. The number of aryl methyl sites for hydroxylation is 1. The van der Waals surface area contributed by atoms with Crippen molar-refractivity contribution in [1.82, 2.24) is 6.15 Å². The van der Waals surface area contributed by atoms with E-state index in [2.05, 4.69) is 6.92 Å². The minimum absolute atomic E-state index is 0. The van der Waals surface area contributed by atoms with E-state index in [1.807, 2.05) is 18.2 Å². The summed E-state index contributed by atoms with van der Waals surface area (Å²) in [7, 11) is 0. The molecule has 0 fully saturated rings. The van der Waals surface area contributed by atoms with Crippen molar-refractivity contribution >= 4 is 0 Å². The van der Waals surface area contributed by atoms with E-state index in [9.17, 15) is 5.11 Å². The van der Waals surface area contributed by atoms with Gasteiger partial charge in [-0.3, -0.25) is 0 Å². The molecule has 0 amide bonds. The standard InChI is InChI=1S/C14H22O.H3N/c1-2-3-4-5-6-7-10-13-11-8-9-12-14(13)15;/h8-9,11-12,15H,2-7,10H2,1H3;1H3. The number of rotatable bonds is 7. The lowest BCUT2D eigenvalue weighted by atomic mass is 10.0. The van der Waals surface area contributed by atoms with Crippen molar-refractivity contribution in [1.29, 1.82) is 0 Å². The number of hydrogen-bond donors (Lipinski definition) is 2. The van der Waals surface area contributed by atoms with Crippen LogP contribution in [0.15, 0.2) is 24.3 Å². The van der Waals surface area contributed by atoms with Gasteiger partial charge in [0.2, 0.25) is 0 Å². The predicted octanol–water partition coefficient (Wildman–Crippen LogP) is 4.46. The lowest BCUT2D eigenvalue weighted by Gasteiger charge is -2.03. The Balaban J connectivity index is 0.00000225. The zero-order valence-electron chi connectivity index (χ0n) is 10.4. The van der Waals surface area contributed by atoms with Gasteiger partial charge in [-0.15, -0.1) is 0 Å². The fourth-order valence-electron chi connectivity index (χ4n) is 1.82. The number of aromatic hydroxyl groups is 1. The highest BCUT2D eigenvalue weighted by molar-refractivity contribution is 5.31. The van der Waals surface area contributed by atoms with Crippen molar-refractivity contribution in [3.05, 3.63) is 29.8 Å². The monoisotopic (exact) mass is 223 g/mol. The Morgan fingerprint density at radius 1 is 0.938 bits per heavy atom. The van der Waals surface area contributed by atoms with Gasteiger partial charge in [0.1, 0.15) is 5.75 Å². The molecule has 0 bridgehead atoms. The van der Waals surface area contributed by atoms with Crippen LogP contribution in [0, 0.1) is 0 Å². The third-order valence-corrected chi connectivity index (χ3v) is 2.79. The van der Waals surface area contributed by atoms with E-state index < -0.39 is 0 Å². The number of para-hydroxylation sites is 1. The molecule has 0 radical (unpaired) electrons. The Morgan fingerprint density at radius 3 is 2.25 bits per heavy atom. The normalized spacial score (nSPS) is 9.81. The molecule has 0 aromatic heterocycles. The second kappa shape index (κ2) is 9.22. The van der Waals surface area contributed by atoms with Crippen LogP contribution in [-0.2, 0) is 6.42 Å². The summed E-state index contributed by atoms with van der Waals surface area (Å²) >= 11 is 0. The van der Waals surface area contributed by atoms with Crippen molar-refractivity contribution < 1.29 is 5.11 Å². The number of phenols is 1. The number of unbranched alkanes of at least 4 members (excludes halogenated alkanes) is 5. The van der Waals surface area contributed by atoms with Crippen molar-refractivity contribution in [3.8, 4) is 5.75 Å². The topological polar surface area (TPSA) is 55.2 Å². The Bertz CT molecular complexity index is 273. The summed E-state index contributed by atoms with van der Waals surface area (Å²) in [4.78, 5) is 0. The van der Waals surface area contributed by atoms with E-state index in [1.54, 1.807) is 6.07 Å². The first-order valence-electron chi connectivity index (χ1n) is 6.11. The van der Waals surface area contributed by atoms with Crippen molar-refractivity contribution in [2.75, 3.05) is 0 Å². The lowest BCUT2D eigenvalue weighted by molar-refractivity contribution is 0.466. The van der Waals surface area contributed by atoms with E-state index in [1.165, 1.54) is 38.5 Å². The molecular weight excluding hydrogens is 198 g/mol. The first-order valence-corrected chi connectivity index (χ1v) is 6.11. The van der Waals surface area contributed by atoms with Crippen molar-refractivity contribution in [2.24, 2.45) is 0 Å². The third-order valence-electron chi connectivity index (χ3n) is 2.79. The molecule has 0 atom stereocenters. The van der Waals surface area contributed by atoms with Crippen molar-refractivity contribution in [3.63, 3.8) is 0 Å². The summed E-state index contributed by atoms with van der Waals surface area (Å²) in [6.07, 6.45) is 8.85. The van der Waals surface area contributed by atoms with Gasteiger partial charge in [-0.1, -0.05) is 57.2 Å². The van der Waals surface area contributed by atoms with Gasteiger partial charge in [0.25, 0.3) is 0 Å². The maximum absolute atomic E-state index is 9.55. The van der Waals surface area contributed by atoms with Gasteiger partial charge in [0.05, 0.1) is 0 Å². The Hall–Kier alpha value is -1.02. The van der Waals surface area contributed by atoms with Crippen LogP contribution in [0.4, 0.5) is 0 Å². The average molecular weight is 223 g/mol. The van der Waals surface area contributed by atoms with Crippen LogP contribution in [0.1, 0.15) is 51.0 Å². The van der Waals surface area contributed by atoms with Crippen LogP contribution in [0.3, 0.4) is 0 Å². The summed E-state index contributed by atoms with van der Waals surface area (Å²) in [6.45, 7) is 2.24. The molecule has 0 aliphatic carbocycles. The highest BCUT2D eigenvalue weighted by Crippen LogP contribution is 2.18. The van der Waals surface area contributed by atoms with Gasteiger partial charge in [-0.05, 0) is 24.5 Å². The predicted molar refractivity (Wildman–Crippen MR) is 70.2 cm³/mol. The van der Waals surface area contributed by atoms with Gasteiger partial charge in [-0.2, -0.15) is 0 Å². The van der Waals surface area contributed by atoms with Crippen LogP contribution >= 0.6 is 0 Å². The molecule has 1 aromatic carbocycles. The molecule has 16 heavy (non-hydrogen) atoms. The number of phenolic OH excluding ortho intramolecular Hbond substituents is 1. The third kappa shape index (κ3) is 5.76. The molecule has 0 heterocycles. The summed E-state index contributed by atoms with van der Waals surface area (Å²) in [5, 5.41) is 9.55. The molecule has 0 aliphatic rings. The molecule has 0 saturated carbocycles. The molecule has 2 nitrogen and oxygen atoms in total. The summed E-state index contributed by atoms with van der Waals surface area (Å²) in [6, 6.07) is 7.65. The fourth-order valence-corrected chi connectivity index (χ4v) is 1.82. The van der Waals surface area contributed by atoms with Gasteiger partial charge in [0.15, 0.2) is 0 Å². The van der Waals surface area contributed by atoms with E-state index in [0.717, 1.165) is 12.0 Å². The molecule has 0 unspecified atom stereocenters. The first-order chi connectivity index (χ1) is 7.34. The van der Waals surface area contributed by atoms with E-state index in [-0.39, 0.29) is 6.15 Å². The quantitative estimate of drug-likeness (QED) is 0.671. The summed E-state index contributed by atoms with van der Waals surface area (Å²) in [5.41, 5.74) is 1.09. The van der Waals surface area contributed by atoms with E-state index in [4.69, 9.17) is 0 Å². The fraction of sp³-hybridized carbons (Fsp3) is 0.571. The summed E-state index contributed by atoms with van der Waals surface area (Å²) in [5.74, 6) is 0.450. The second-order valence-electron chi connectivity index (χ2n) is 4.15. The maximum atomic E-state index is 9.55. The molecule has 4 N–H and O–H groups in total. The van der Waals surface area contributed by atoms with Crippen LogP contribution < -0.4 is 6.15 Å². The maximum Gasteiger partial charge on any atom is 0.118 e. The Kier molecular flexibility index (Phi) is 8.64. The van der Waals surface area contributed by atoms with Crippen LogP contribution in [0.5, 0.6) is 5.75 Å². The van der Waals surface area contributed by atoms with Crippen LogP contribution in [0.2, 0.25) is 0 Å². The molecule has 92 valence electrons. The Morgan fingerprint density at radius 2 is 1.56 bits per heavy atom. The van der Waals surface area contributed by atoms with Gasteiger partial charge in [0, 0.05) is 0 Å². The van der Waals surface area contributed by atoms with Crippen molar-refractivity contribution in [2.45, 2.75) is 51.9 Å². The Labute approximate surface area is 99.3 Å². The molecular formula is C14H25NO. The minimum atomic E-state index is 0. The van der Waals surface area contributed by atoms with Gasteiger partial charge in [-0.25, -0.2) is 0 Å². The molecule has 2 heteroatoms. The molecule has 0 saturated heterocycles. The second-order valence-corrected chi connectivity index (χ2v) is 4.15. The highest BCUT2D eigenvalue weighted by atomic mass is 16.3. The largest absolute Gasteiger partial charge is 0.508 e. The van der Waals surface area contributed by atoms with Gasteiger partial charge < -0.3 is 11.3 Å². The molecule has 1 rings (SSSR count). The minimum Gasteiger partial charge on any atom is -0.508 e. The lowest BCUT2D eigenvalue weighted by Crippen LogP contribution is -1.86. The number of hydrogen-bond acceptors (Lipinski definition) is 2. The first kappa shape index (κ1) is 15.0. The highest BCUT2D eigenvalue weighted by Gasteiger charge is 1.98. The SMILES string of the molecule is CCCCCCCCc1ccccc1O.N. The van der Waals surface area contributed by atoms with E-state index >= 15 is 0 Å². The average Bonchev–Trinajstić information content (AvgIpc) is 2.25. The van der Waals surface area contributed by atoms with Crippen LogP contribution in [0.25, 0.3) is 0 Å². The molecule has 0 spiro atoms. The zero-order valence-corrected chi connectivity index (χ0v) is 10.4. The molecule has 0 aliphatic heterocycles. The van der Waals surface area contributed by atoms with Crippen LogP contribution in [-0.4, -0.2) is 5.11 Å².